The first-order chi connectivity index (χ1) is 36.5. The van der Waals surface area contributed by atoms with Crippen molar-refractivity contribution in [3.8, 4) is 0 Å². The summed E-state index contributed by atoms with van der Waals surface area (Å²) < 4.78 is 16.9. The molecule has 0 aromatic carbocycles. The summed E-state index contributed by atoms with van der Waals surface area (Å²) in [5, 5.41) is 0. The number of unbranched alkanes of at least 4 members (excludes halogenated alkanes) is 41. The maximum Gasteiger partial charge on any atom is 0.306 e. The fourth-order valence-corrected chi connectivity index (χ4v) is 9.69. The minimum Gasteiger partial charge on any atom is -0.462 e. The highest BCUT2D eigenvalue weighted by Crippen LogP contribution is 2.18. The Morgan fingerprint density at radius 1 is 0.284 bits per heavy atom. The predicted molar refractivity (Wildman–Crippen MR) is 321 cm³/mol. The van der Waals surface area contributed by atoms with Gasteiger partial charge in [0.05, 0.1) is 0 Å². The molecule has 432 valence electrons. The molecule has 74 heavy (non-hydrogen) atoms. The van der Waals surface area contributed by atoms with Crippen LogP contribution in [0.5, 0.6) is 0 Å². The molecule has 0 aromatic rings. The summed E-state index contributed by atoms with van der Waals surface area (Å²) in [6, 6.07) is 0. The second-order valence-electron chi connectivity index (χ2n) is 22.0. The second kappa shape index (κ2) is 62.9. The van der Waals surface area contributed by atoms with Crippen LogP contribution >= 0.6 is 0 Å². The minimum absolute atomic E-state index is 0.0795. The molecule has 0 aromatic heterocycles. The highest BCUT2D eigenvalue weighted by atomic mass is 16.6. The van der Waals surface area contributed by atoms with Gasteiger partial charge >= 0.3 is 17.9 Å². The first kappa shape index (κ1) is 71.4. The monoisotopic (exact) mass is 1040 g/mol. The number of rotatable bonds is 60. The van der Waals surface area contributed by atoms with E-state index in [0.29, 0.717) is 19.3 Å². The fraction of sp³-hybridized carbons (Fsp3) is 0.838. The van der Waals surface area contributed by atoms with Crippen LogP contribution in [-0.4, -0.2) is 37.2 Å². The maximum atomic E-state index is 12.9. The zero-order chi connectivity index (χ0) is 53.6. The highest BCUT2D eigenvalue weighted by molar-refractivity contribution is 5.71. The average Bonchev–Trinajstić information content (AvgIpc) is 3.40. The van der Waals surface area contributed by atoms with Gasteiger partial charge in [-0.3, -0.25) is 14.4 Å². The van der Waals surface area contributed by atoms with Gasteiger partial charge in [-0.15, -0.1) is 0 Å². The van der Waals surface area contributed by atoms with Crippen molar-refractivity contribution in [2.45, 2.75) is 354 Å². The van der Waals surface area contributed by atoms with Gasteiger partial charge in [0.1, 0.15) is 13.2 Å². The van der Waals surface area contributed by atoms with Crippen LogP contribution in [0.25, 0.3) is 0 Å². The molecule has 0 N–H and O–H groups in total. The second-order valence-corrected chi connectivity index (χ2v) is 22.0. The quantitative estimate of drug-likeness (QED) is 0.0261. The number of esters is 3. The van der Waals surface area contributed by atoms with E-state index in [1.807, 2.05) is 0 Å². The normalized spacial score (nSPS) is 12.3. The molecule has 0 rings (SSSR count). The van der Waals surface area contributed by atoms with Crippen molar-refractivity contribution in [3.05, 3.63) is 48.6 Å². The van der Waals surface area contributed by atoms with Crippen LogP contribution < -0.4 is 0 Å². The smallest absolute Gasteiger partial charge is 0.306 e. The standard InChI is InChI=1S/C68H124O6/c1-4-7-10-13-16-19-22-25-28-29-30-31-32-33-34-35-36-37-38-39-41-43-46-49-52-55-58-61-67(70)73-64-65(63-72-66(69)60-57-54-51-48-45-42-27-24-21-18-15-12-9-6-3)74-68(71)62-59-56-53-50-47-44-40-26-23-20-17-14-11-8-5-2/h8,11,17,20,24,26-27,40,65H,4-7,9-10,12-16,18-19,21-23,25,28-39,41-64H2,1-3H3/b11-8-,20-17-,27-24-,40-26-. The van der Waals surface area contributed by atoms with Crippen LogP contribution in [0.4, 0.5) is 0 Å². The first-order valence-electron chi connectivity index (χ1n) is 32.6. The molecule has 0 heterocycles. The molecule has 0 fully saturated rings. The van der Waals surface area contributed by atoms with Crippen molar-refractivity contribution < 1.29 is 28.6 Å². The number of carbonyl (C=O) groups is 3. The lowest BCUT2D eigenvalue weighted by atomic mass is 10.0. The lowest BCUT2D eigenvalue weighted by Gasteiger charge is -2.18. The Morgan fingerprint density at radius 2 is 0.527 bits per heavy atom. The van der Waals surface area contributed by atoms with E-state index in [0.717, 1.165) is 103 Å². The molecule has 6 heteroatoms. The zero-order valence-corrected chi connectivity index (χ0v) is 49.6. The van der Waals surface area contributed by atoms with Crippen LogP contribution in [0.1, 0.15) is 348 Å². The molecule has 0 aliphatic rings. The first-order valence-corrected chi connectivity index (χ1v) is 32.6. The molecule has 0 aliphatic heterocycles. The van der Waals surface area contributed by atoms with Gasteiger partial charge in [-0.2, -0.15) is 0 Å². The largest absolute Gasteiger partial charge is 0.462 e. The molecule has 0 bridgehead atoms. The van der Waals surface area contributed by atoms with Gasteiger partial charge in [0.2, 0.25) is 0 Å². The molecule has 0 saturated carbocycles. The average molecular weight is 1040 g/mol. The van der Waals surface area contributed by atoms with E-state index in [2.05, 4.69) is 69.4 Å². The van der Waals surface area contributed by atoms with Crippen molar-refractivity contribution in [3.63, 3.8) is 0 Å². The van der Waals surface area contributed by atoms with Crippen molar-refractivity contribution >= 4 is 17.9 Å². The number of hydrogen-bond donors (Lipinski definition) is 0. The van der Waals surface area contributed by atoms with Crippen molar-refractivity contribution in [2.24, 2.45) is 0 Å². The van der Waals surface area contributed by atoms with Crippen LogP contribution in [0.3, 0.4) is 0 Å². The molecule has 1 unspecified atom stereocenters. The summed E-state index contributed by atoms with van der Waals surface area (Å²) in [4.78, 5) is 38.3. The Kier molecular flexibility index (Phi) is 60.7. The van der Waals surface area contributed by atoms with Gasteiger partial charge in [0.25, 0.3) is 0 Å². The lowest BCUT2D eigenvalue weighted by Crippen LogP contribution is -2.30. The SMILES string of the molecule is CC/C=C\C/C=C\C/C=C\CCCCCCCC(=O)OC(COC(=O)CCCCCCC/C=C\CCCCCCC)COC(=O)CCCCCCCCCCCCCCCCCCCCCCCCCCCCC. The summed E-state index contributed by atoms with van der Waals surface area (Å²) in [7, 11) is 0. The van der Waals surface area contributed by atoms with Crippen molar-refractivity contribution in [1.29, 1.82) is 0 Å². The topological polar surface area (TPSA) is 78.9 Å². The fourth-order valence-electron chi connectivity index (χ4n) is 9.69. The molecule has 0 spiro atoms. The Hall–Kier alpha value is -2.63. The third-order valence-electron chi connectivity index (χ3n) is 14.6. The van der Waals surface area contributed by atoms with E-state index in [1.165, 1.54) is 205 Å². The molecule has 0 aliphatic carbocycles. The van der Waals surface area contributed by atoms with E-state index < -0.39 is 6.10 Å². The summed E-state index contributed by atoms with van der Waals surface area (Å²) in [5.74, 6) is -0.886. The predicted octanol–water partition coefficient (Wildman–Crippen LogP) is 22.2. The van der Waals surface area contributed by atoms with Gasteiger partial charge in [-0.1, -0.05) is 301 Å². The van der Waals surface area contributed by atoms with E-state index in [9.17, 15) is 14.4 Å². The summed E-state index contributed by atoms with van der Waals surface area (Å²) in [6.45, 7) is 6.55. The number of carbonyl (C=O) groups excluding carboxylic acids is 3. The Labute approximate surface area is 460 Å². The summed E-state index contributed by atoms with van der Waals surface area (Å²) in [5.41, 5.74) is 0. The van der Waals surface area contributed by atoms with Crippen LogP contribution in [0.15, 0.2) is 48.6 Å². The van der Waals surface area contributed by atoms with E-state index >= 15 is 0 Å². The number of allylic oxidation sites excluding steroid dienone is 8. The van der Waals surface area contributed by atoms with Crippen LogP contribution in [0.2, 0.25) is 0 Å². The van der Waals surface area contributed by atoms with Gasteiger partial charge in [-0.25, -0.2) is 0 Å². The lowest BCUT2D eigenvalue weighted by molar-refractivity contribution is -0.167. The molecular formula is C68H124O6. The van der Waals surface area contributed by atoms with Gasteiger partial charge < -0.3 is 14.2 Å². The Balaban J connectivity index is 4.21. The molecule has 6 nitrogen and oxygen atoms in total. The van der Waals surface area contributed by atoms with Crippen LogP contribution in [0, 0.1) is 0 Å². The van der Waals surface area contributed by atoms with Crippen molar-refractivity contribution in [1.82, 2.24) is 0 Å². The van der Waals surface area contributed by atoms with Gasteiger partial charge in [-0.05, 0) is 77.0 Å². The van der Waals surface area contributed by atoms with E-state index in [1.54, 1.807) is 0 Å². The number of hydrogen-bond acceptors (Lipinski definition) is 6. The highest BCUT2D eigenvalue weighted by Gasteiger charge is 2.19. The Morgan fingerprint density at radius 3 is 0.838 bits per heavy atom. The molecule has 0 radical (unpaired) electrons. The zero-order valence-electron chi connectivity index (χ0n) is 49.6. The van der Waals surface area contributed by atoms with Gasteiger partial charge in [0, 0.05) is 19.3 Å². The number of ether oxygens (including phenoxy) is 3. The maximum absolute atomic E-state index is 12.9. The van der Waals surface area contributed by atoms with Gasteiger partial charge in [0.15, 0.2) is 6.10 Å². The molecule has 0 saturated heterocycles. The third kappa shape index (κ3) is 60.2. The van der Waals surface area contributed by atoms with Crippen LogP contribution in [-0.2, 0) is 28.6 Å². The molecule has 1 atom stereocenters. The third-order valence-corrected chi connectivity index (χ3v) is 14.6. The van der Waals surface area contributed by atoms with E-state index in [4.69, 9.17) is 14.2 Å². The summed E-state index contributed by atoms with van der Waals surface area (Å²) >= 11 is 0. The summed E-state index contributed by atoms with van der Waals surface area (Å²) in [6.07, 6.45) is 78.5. The Bertz CT molecular complexity index is 1280. The molecule has 0 amide bonds. The van der Waals surface area contributed by atoms with Crippen molar-refractivity contribution in [2.75, 3.05) is 13.2 Å². The minimum atomic E-state index is -0.784. The van der Waals surface area contributed by atoms with E-state index in [-0.39, 0.29) is 31.1 Å². The molecular weight excluding hydrogens is 913 g/mol.